The highest BCUT2D eigenvalue weighted by atomic mass is 14.7. The van der Waals surface area contributed by atoms with Gasteiger partial charge in [0.2, 0.25) is 0 Å². The molecule has 3 aliphatic rings. The fourth-order valence-electron chi connectivity index (χ4n) is 3.16. The molecule has 3 saturated carbocycles. The molecule has 0 aromatic rings. The summed E-state index contributed by atoms with van der Waals surface area (Å²) in [6.45, 7) is 5.66. The van der Waals surface area contributed by atoms with Gasteiger partial charge in [0.15, 0.2) is 0 Å². The van der Waals surface area contributed by atoms with Crippen molar-refractivity contribution in [1.29, 1.82) is 0 Å². The first-order chi connectivity index (χ1) is 4.27. The lowest BCUT2D eigenvalue weighted by atomic mass is 9.36. The van der Waals surface area contributed by atoms with Crippen LogP contribution in [0.1, 0.15) is 13.8 Å². The van der Waals surface area contributed by atoms with E-state index in [0.717, 1.165) is 36.1 Å². The predicted octanol–water partition coefficient (Wildman–Crippen LogP) is 1.09. The van der Waals surface area contributed by atoms with Crippen molar-refractivity contribution in [1.82, 2.24) is 0 Å². The third kappa shape index (κ3) is 0.420. The van der Waals surface area contributed by atoms with Crippen molar-refractivity contribution < 1.29 is 0 Å². The highest BCUT2D eigenvalue weighted by Crippen LogP contribution is 2.66. The van der Waals surface area contributed by atoms with E-state index in [1.165, 1.54) is 0 Å². The Labute approximate surface area is 56.6 Å². The van der Waals surface area contributed by atoms with Gasteiger partial charge in [-0.3, -0.25) is 0 Å². The van der Waals surface area contributed by atoms with Gasteiger partial charge in [0, 0.05) is 0 Å². The van der Waals surface area contributed by atoms with Gasteiger partial charge in [-0.05, 0) is 36.1 Å². The van der Waals surface area contributed by atoms with E-state index >= 15 is 0 Å². The van der Waals surface area contributed by atoms with Gasteiger partial charge < -0.3 is 5.73 Å². The van der Waals surface area contributed by atoms with Crippen LogP contribution in [0, 0.1) is 29.6 Å². The minimum absolute atomic E-state index is 0.912. The SMILES string of the molecule is C[C@H]1C2C(CN)[C@H]1[C@H]2C. The first kappa shape index (κ1) is 5.72. The maximum Gasteiger partial charge on any atom is -0.00432 e. The van der Waals surface area contributed by atoms with Crippen LogP contribution in [0.25, 0.3) is 0 Å². The van der Waals surface area contributed by atoms with E-state index in [1.807, 2.05) is 0 Å². The topological polar surface area (TPSA) is 26.0 Å². The molecule has 2 N–H and O–H groups in total. The van der Waals surface area contributed by atoms with Gasteiger partial charge in [-0.1, -0.05) is 13.8 Å². The van der Waals surface area contributed by atoms with Crippen LogP contribution < -0.4 is 5.73 Å². The molecule has 0 aromatic carbocycles. The van der Waals surface area contributed by atoms with Crippen LogP contribution in [-0.2, 0) is 0 Å². The summed E-state index contributed by atoms with van der Waals surface area (Å²) in [6.07, 6.45) is 0. The Hall–Kier alpha value is -0.0400. The monoisotopic (exact) mass is 125 g/mol. The lowest BCUT2D eigenvalue weighted by molar-refractivity contribution is -0.210. The summed E-state index contributed by atoms with van der Waals surface area (Å²) in [5.74, 6) is 4.93. The fraction of sp³-hybridized carbons (Fsp3) is 1.00. The van der Waals surface area contributed by atoms with Gasteiger partial charge in [-0.2, -0.15) is 0 Å². The normalized spacial score (nSPS) is 62.3. The molecule has 1 nitrogen and oxygen atoms in total. The Kier molecular flexibility index (Phi) is 0.963. The zero-order valence-corrected chi connectivity index (χ0v) is 6.17. The van der Waals surface area contributed by atoms with Crippen LogP contribution in [0.2, 0.25) is 0 Å². The van der Waals surface area contributed by atoms with Gasteiger partial charge in [0.1, 0.15) is 0 Å². The summed E-state index contributed by atoms with van der Waals surface area (Å²) in [7, 11) is 0. The number of nitrogens with two attached hydrogens (primary N) is 1. The smallest absolute Gasteiger partial charge is 0.00432 e. The highest BCUT2D eigenvalue weighted by molar-refractivity contribution is 5.11. The van der Waals surface area contributed by atoms with Gasteiger partial charge in [-0.25, -0.2) is 0 Å². The van der Waals surface area contributed by atoms with Crippen LogP contribution in [0.3, 0.4) is 0 Å². The molecule has 0 amide bonds. The van der Waals surface area contributed by atoms with Crippen molar-refractivity contribution in [2.45, 2.75) is 13.8 Å². The summed E-state index contributed by atoms with van der Waals surface area (Å²) in [5.41, 5.74) is 5.58. The molecule has 3 fully saturated rings. The van der Waals surface area contributed by atoms with Crippen LogP contribution in [0.15, 0.2) is 0 Å². The van der Waals surface area contributed by atoms with Gasteiger partial charge >= 0.3 is 0 Å². The molecule has 0 aliphatic heterocycles. The van der Waals surface area contributed by atoms with Crippen molar-refractivity contribution in [2.24, 2.45) is 35.3 Å². The van der Waals surface area contributed by atoms with E-state index in [2.05, 4.69) is 13.8 Å². The zero-order chi connectivity index (χ0) is 6.59. The molecule has 0 saturated heterocycles. The summed E-state index contributed by atoms with van der Waals surface area (Å²) in [6, 6.07) is 0. The lowest BCUT2D eigenvalue weighted by Gasteiger charge is -2.69. The van der Waals surface area contributed by atoms with Crippen LogP contribution >= 0.6 is 0 Å². The van der Waals surface area contributed by atoms with Crippen molar-refractivity contribution in [3.05, 3.63) is 0 Å². The largest absolute Gasteiger partial charge is 0.330 e. The Bertz CT molecular complexity index is 111. The van der Waals surface area contributed by atoms with E-state index in [0.29, 0.717) is 0 Å². The molecule has 3 aliphatic carbocycles. The molecule has 2 bridgehead atoms. The minimum Gasteiger partial charge on any atom is -0.330 e. The Morgan fingerprint density at radius 3 is 1.67 bits per heavy atom. The molecule has 1 heteroatoms. The summed E-state index contributed by atoms with van der Waals surface area (Å²) < 4.78 is 0. The molecular weight excluding hydrogens is 110 g/mol. The molecule has 0 atom stereocenters. The van der Waals surface area contributed by atoms with Crippen LogP contribution in [0.5, 0.6) is 0 Å². The molecule has 0 heterocycles. The Morgan fingerprint density at radius 1 is 1.11 bits per heavy atom. The Balaban J connectivity index is 1.99. The molecule has 52 valence electrons. The fourth-order valence-corrected chi connectivity index (χ4v) is 3.16. The minimum atomic E-state index is 0.912. The molecule has 0 radical (unpaired) electrons. The standard InChI is InChI=1S/C8H15N/c1-4-7-5(2)8(4)6(7)3-9/h4-8H,3,9H2,1-2H3/t4-,5-,6?,7-,8?/m1/s1. The number of hydrogen-bond acceptors (Lipinski definition) is 1. The first-order valence-corrected chi connectivity index (χ1v) is 3.97. The van der Waals surface area contributed by atoms with E-state index in [1.54, 1.807) is 0 Å². The maximum atomic E-state index is 5.58. The molecular formula is C8H15N. The van der Waals surface area contributed by atoms with E-state index < -0.39 is 0 Å². The zero-order valence-electron chi connectivity index (χ0n) is 6.17. The average Bonchev–Trinajstić information content (AvgIpc) is 1.79. The van der Waals surface area contributed by atoms with E-state index in [9.17, 15) is 0 Å². The second kappa shape index (κ2) is 1.51. The second-order valence-electron chi connectivity index (χ2n) is 3.77. The van der Waals surface area contributed by atoms with Crippen molar-refractivity contribution in [3.63, 3.8) is 0 Å². The lowest BCUT2D eigenvalue weighted by Crippen LogP contribution is -2.67. The van der Waals surface area contributed by atoms with Crippen molar-refractivity contribution in [2.75, 3.05) is 6.54 Å². The molecule has 0 unspecified atom stereocenters. The first-order valence-electron chi connectivity index (χ1n) is 3.97. The second-order valence-corrected chi connectivity index (χ2v) is 3.77. The Morgan fingerprint density at radius 2 is 1.56 bits per heavy atom. The summed E-state index contributed by atoms with van der Waals surface area (Å²) in [5, 5.41) is 0. The molecule has 3 rings (SSSR count). The predicted molar refractivity (Wildman–Crippen MR) is 37.9 cm³/mol. The van der Waals surface area contributed by atoms with Crippen molar-refractivity contribution >= 4 is 0 Å². The van der Waals surface area contributed by atoms with Crippen LogP contribution in [0.4, 0.5) is 0 Å². The van der Waals surface area contributed by atoms with Gasteiger partial charge in [-0.15, -0.1) is 0 Å². The van der Waals surface area contributed by atoms with Crippen molar-refractivity contribution in [3.8, 4) is 0 Å². The summed E-state index contributed by atoms with van der Waals surface area (Å²) >= 11 is 0. The van der Waals surface area contributed by atoms with Crippen LogP contribution in [-0.4, -0.2) is 6.54 Å². The van der Waals surface area contributed by atoms with Gasteiger partial charge in [0.05, 0.1) is 0 Å². The quantitative estimate of drug-likeness (QED) is 0.558. The number of hydrogen-bond donors (Lipinski definition) is 1. The molecule has 9 heavy (non-hydrogen) atoms. The summed E-state index contributed by atoms with van der Waals surface area (Å²) in [4.78, 5) is 0. The molecule has 0 aromatic heterocycles. The maximum absolute atomic E-state index is 5.58. The molecule has 0 spiro atoms. The average molecular weight is 125 g/mol. The van der Waals surface area contributed by atoms with E-state index in [-0.39, 0.29) is 0 Å². The third-order valence-electron chi connectivity index (χ3n) is 3.69. The van der Waals surface area contributed by atoms with E-state index in [4.69, 9.17) is 5.73 Å². The number of rotatable bonds is 1. The highest BCUT2D eigenvalue weighted by Gasteiger charge is 2.63. The van der Waals surface area contributed by atoms with Gasteiger partial charge in [0.25, 0.3) is 0 Å². The third-order valence-corrected chi connectivity index (χ3v) is 3.69.